The lowest BCUT2D eigenvalue weighted by molar-refractivity contribution is -0.955. The molecular weight excluding hydrogens is 464 g/mol. The van der Waals surface area contributed by atoms with Crippen molar-refractivity contribution in [2.75, 3.05) is 0 Å². The molecule has 0 saturated heterocycles. The fraction of sp³-hybridized carbons (Fsp3) is 0.0286. The second kappa shape index (κ2) is 7.05. The lowest BCUT2D eigenvalue weighted by atomic mass is 9.85. The topological polar surface area (TPSA) is 17.0 Å². The summed E-state index contributed by atoms with van der Waals surface area (Å²) in [6, 6.07) is 43.3. The lowest BCUT2D eigenvalue weighted by Crippen LogP contribution is -2.71. The van der Waals surface area contributed by atoms with Crippen LogP contribution in [0.25, 0.3) is 44.8 Å². The molecule has 1 spiro atoms. The van der Waals surface area contributed by atoms with Gasteiger partial charge in [-0.05, 0) is 52.6 Å². The second-order valence-corrected chi connectivity index (χ2v) is 10.2. The Kier molecular flexibility index (Phi) is 3.73. The maximum absolute atomic E-state index is 6.77. The summed E-state index contributed by atoms with van der Waals surface area (Å²) in [6.45, 7) is 0. The maximum Gasteiger partial charge on any atom is 0.424 e. The molecule has 5 heterocycles. The van der Waals surface area contributed by atoms with E-state index < -0.39 is 5.66 Å². The van der Waals surface area contributed by atoms with Crippen LogP contribution in [0.5, 0.6) is 11.5 Å². The Morgan fingerprint density at radius 1 is 0.447 bits per heavy atom. The first kappa shape index (κ1) is 20.1. The van der Waals surface area contributed by atoms with E-state index in [-0.39, 0.29) is 0 Å². The summed E-state index contributed by atoms with van der Waals surface area (Å²) in [6.07, 6.45) is 4.49. The van der Waals surface area contributed by atoms with E-state index in [2.05, 4.69) is 143 Å². The number of pyridine rings is 2. The third kappa shape index (κ3) is 2.34. The van der Waals surface area contributed by atoms with Gasteiger partial charge in [-0.2, -0.15) is 0 Å². The van der Waals surface area contributed by atoms with Crippen LogP contribution in [0.15, 0.2) is 134 Å². The summed E-state index contributed by atoms with van der Waals surface area (Å²) in [5.74, 6) is 1.84. The number of fused-ring (bicyclic) bond motifs is 4. The molecule has 4 aromatic carbocycles. The molecule has 0 radical (unpaired) electrons. The Labute approximate surface area is 220 Å². The SMILES string of the molecule is c1ccc(-c2cc3c4c(c2)-c2cc(-c5ccccc5)cc[n+]2C42c4c(cccc4-c4cccc[n+]42)O3)cc1. The van der Waals surface area contributed by atoms with Crippen LogP contribution in [-0.4, -0.2) is 0 Å². The normalized spacial score (nSPS) is 16.7. The van der Waals surface area contributed by atoms with Crippen molar-refractivity contribution in [3.05, 3.63) is 145 Å². The van der Waals surface area contributed by atoms with Crippen LogP contribution in [0.3, 0.4) is 0 Å². The van der Waals surface area contributed by atoms with Crippen molar-refractivity contribution in [3.63, 3.8) is 0 Å². The van der Waals surface area contributed by atoms with Crippen LogP contribution in [0.1, 0.15) is 11.1 Å². The molecule has 9 rings (SSSR count). The average molecular weight is 487 g/mol. The molecular formula is C35H22N2O+2. The second-order valence-electron chi connectivity index (χ2n) is 10.2. The maximum atomic E-state index is 6.77. The third-order valence-electron chi connectivity index (χ3n) is 8.32. The minimum Gasteiger partial charge on any atom is -0.456 e. The van der Waals surface area contributed by atoms with Gasteiger partial charge in [0, 0.05) is 24.3 Å². The minimum atomic E-state index is -0.537. The quantitative estimate of drug-likeness (QED) is 0.241. The number of hydrogen-bond acceptors (Lipinski definition) is 1. The van der Waals surface area contributed by atoms with Crippen molar-refractivity contribution in [1.82, 2.24) is 0 Å². The molecule has 1 unspecified atom stereocenters. The first-order valence-corrected chi connectivity index (χ1v) is 13.0. The number of aromatic nitrogens is 2. The molecule has 0 amide bonds. The standard InChI is InChI=1S/C35H22N2O/c1-3-10-23(11-4-1)25-17-19-37-30(21-25)28-20-26(24-12-5-2-6-13-24)22-32-34(28)35(37)33-27(14-9-16-31(33)38-32)29-15-7-8-18-36(29)35/h1-22H/q+2. The third-order valence-corrected chi connectivity index (χ3v) is 8.32. The molecule has 2 aromatic heterocycles. The summed E-state index contributed by atoms with van der Waals surface area (Å²) in [7, 11) is 0. The largest absolute Gasteiger partial charge is 0.456 e. The Balaban J connectivity index is 1.44. The van der Waals surface area contributed by atoms with Crippen molar-refractivity contribution >= 4 is 0 Å². The van der Waals surface area contributed by atoms with Gasteiger partial charge in [0.15, 0.2) is 23.5 Å². The van der Waals surface area contributed by atoms with Crippen molar-refractivity contribution < 1.29 is 13.9 Å². The molecule has 3 aliphatic heterocycles. The van der Waals surface area contributed by atoms with E-state index in [1.54, 1.807) is 0 Å². The van der Waals surface area contributed by atoms with Gasteiger partial charge in [0.2, 0.25) is 11.4 Å². The van der Waals surface area contributed by atoms with Crippen LogP contribution < -0.4 is 13.9 Å². The lowest BCUT2D eigenvalue weighted by Gasteiger charge is -2.26. The Morgan fingerprint density at radius 3 is 1.97 bits per heavy atom. The van der Waals surface area contributed by atoms with Gasteiger partial charge in [-0.25, -0.2) is 0 Å². The van der Waals surface area contributed by atoms with Gasteiger partial charge in [0.25, 0.3) is 0 Å². The summed E-state index contributed by atoms with van der Waals surface area (Å²) in [5.41, 5.74) is 11.5. The highest BCUT2D eigenvalue weighted by Crippen LogP contribution is 2.57. The van der Waals surface area contributed by atoms with E-state index in [1.165, 1.54) is 50.3 Å². The van der Waals surface area contributed by atoms with Gasteiger partial charge in [-0.3, -0.25) is 0 Å². The molecule has 1 atom stereocenters. The Bertz CT molecular complexity index is 1950. The summed E-state index contributed by atoms with van der Waals surface area (Å²) >= 11 is 0. The fourth-order valence-electron chi connectivity index (χ4n) is 6.83. The number of hydrogen-bond donors (Lipinski definition) is 0. The molecule has 176 valence electrons. The number of rotatable bonds is 2. The molecule has 3 nitrogen and oxygen atoms in total. The molecule has 0 bridgehead atoms. The van der Waals surface area contributed by atoms with Crippen molar-refractivity contribution in [2.45, 2.75) is 5.66 Å². The zero-order valence-corrected chi connectivity index (χ0v) is 20.5. The predicted octanol–water partition coefficient (Wildman–Crippen LogP) is 6.96. The van der Waals surface area contributed by atoms with Crippen LogP contribution in [-0.2, 0) is 5.66 Å². The number of nitrogens with zero attached hydrogens (tertiary/aromatic N) is 2. The highest BCUT2D eigenvalue weighted by Gasteiger charge is 2.71. The molecule has 6 aromatic rings. The Hall–Kier alpha value is -5.02. The number of ether oxygens (including phenoxy) is 1. The molecule has 0 N–H and O–H groups in total. The zero-order chi connectivity index (χ0) is 24.8. The molecule has 3 aliphatic rings. The molecule has 38 heavy (non-hydrogen) atoms. The monoisotopic (exact) mass is 486 g/mol. The van der Waals surface area contributed by atoms with Gasteiger partial charge in [-0.1, -0.05) is 66.7 Å². The predicted molar refractivity (Wildman–Crippen MR) is 147 cm³/mol. The fourth-order valence-corrected chi connectivity index (χ4v) is 6.83. The van der Waals surface area contributed by atoms with Gasteiger partial charge in [0.1, 0.15) is 11.5 Å². The van der Waals surface area contributed by atoms with E-state index in [0.29, 0.717) is 0 Å². The number of benzene rings is 4. The molecule has 0 fully saturated rings. The van der Waals surface area contributed by atoms with Crippen molar-refractivity contribution in [2.24, 2.45) is 0 Å². The van der Waals surface area contributed by atoms with E-state index in [1.807, 2.05) is 0 Å². The van der Waals surface area contributed by atoms with Gasteiger partial charge >= 0.3 is 5.66 Å². The van der Waals surface area contributed by atoms with E-state index in [0.717, 1.165) is 17.1 Å². The first-order chi connectivity index (χ1) is 18.8. The van der Waals surface area contributed by atoms with E-state index in [9.17, 15) is 0 Å². The van der Waals surface area contributed by atoms with Crippen LogP contribution >= 0.6 is 0 Å². The average Bonchev–Trinajstić information content (AvgIpc) is 3.46. The molecule has 0 aliphatic carbocycles. The van der Waals surface area contributed by atoms with Gasteiger partial charge in [0.05, 0.1) is 11.1 Å². The Morgan fingerprint density at radius 2 is 1.16 bits per heavy atom. The molecule has 3 heteroatoms. The summed E-state index contributed by atoms with van der Waals surface area (Å²) < 4.78 is 11.7. The van der Waals surface area contributed by atoms with Gasteiger partial charge < -0.3 is 4.74 Å². The summed E-state index contributed by atoms with van der Waals surface area (Å²) in [5, 5.41) is 0. The molecule has 0 saturated carbocycles. The zero-order valence-electron chi connectivity index (χ0n) is 20.5. The first-order valence-electron chi connectivity index (χ1n) is 13.0. The van der Waals surface area contributed by atoms with E-state index in [4.69, 9.17) is 4.74 Å². The highest BCUT2D eigenvalue weighted by molar-refractivity contribution is 5.85. The smallest absolute Gasteiger partial charge is 0.424 e. The van der Waals surface area contributed by atoms with E-state index >= 15 is 0 Å². The van der Waals surface area contributed by atoms with Crippen molar-refractivity contribution in [3.8, 4) is 56.3 Å². The van der Waals surface area contributed by atoms with Crippen molar-refractivity contribution in [1.29, 1.82) is 0 Å². The van der Waals surface area contributed by atoms with Gasteiger partial charge in [-0.15, -0.1) is 9.13 Å². The van der Waals surface area contributed by atoms with Crippen LogP contribution in [0.2, 0.25) is 0 Å². The van der Waals surface area contributed by atoms with Crippen LogP contribution in [0, 0.1) is 0 Å². The summed E-state index contributed by atoms with van der Waals surface area (Å²) in [4.78, 5) is 0. The van der Waals surface area contributed by atoms with Crippen LogP contribution in [0.4, 0.5) is 0 Å². The highest BCUT2D eigenvalue weighted by atomic mass is 16.5. The minimum absolute atomic E-state index is 0.537.